The van der Waals surface area contributed by atoms with Crippen molar-refractivity contribution in [3.63, 3.8) is 0 Å². The minimum absolute atomic E-state index is 0.0768. The fourth-order valence-electron chi connectivity index (χ4n) is 1.34. The van der Waals surface area contributed by atoms with Crippen LogP contribution in [0.3, 0.4) is 0 Å². The van der Waals surface area contributed by atoms with Gasteiger partial charge in [-0.3, -0.25) is 9.59 Å². The number of hydrogen-bond donors (Lipinski definition) is 0. The summed E-state index contributed by atoms with van der Waals surface area (Å²) >= 11 is 0. The lowest BCUT2D eigenvalue weighted by Gasteiger charge is -1.98. The smallest absolute Gasteiger partial charge is 0.317 e. The Labute approximate surface area is 101 Å². The van der Waals surface area contributed by atoms with Crippen LogP contribution in [0.25, 0.3) is 0 Å². The van der Waals surface area contributed by atoms with Crippen molar-refractivity contribution in [3.8, 4) is 11.8 Å². The second-order valence-corrected chi connectivity index (χ2v) is 3.63. The van der Waals surface area contributed by atoms with E-state index in [1.54, 1.807) is 6.92 Å². The second-order valence-electron chi connectivity index (χ2n) is 3.63. The molecule has 0 aliphatic heterocycles. The van der Waals surface area contributed by atoms with Crippen molar-refractivity contribution in [2.45, 2.75) is 19.8 Å². The molecule has 0 bridgehead atoms. The standard InChI is InChI=1S/C14H14O3/c1-11(15)9-13-7-3-5-12(10-13)6-4-8-14(16)17-2/h3,5,7,10H,8-9H2,1-2H3. The van der Waals surface area contributed by atoms with Gasteiger partial charge < -0.3 is 4.74 Å². The normalized spacial score (nSPS) is 9.06. The first kappa shape index (κ1) is 13.0. The van der Waals surface area contributed by atoms with E-state index in [1.165, 1.54) is 7.11 Å². The molecule has 0 heterocycles. The Balaban J connectivity index is 2.71. The van der Waals surface area contributed by atoms with Gasteiger partial charge in [-0.15, -0.1) is 0 Å². The molecule has 0 radical (unpaired) electrons. The monoisotopic (exact) mass is 230 g/mol. The maximum atomic E-state index is 11.0. The molecule has 1 rings (SSSR count). The molecule has 0 atom stereocenters. The lowest BCUT2D eigenvalue weighted by Crippen LogP contribution is -1.97. The van der Waals surface area contributed by atoms with Crippen LogP contribution in [-0.4, -0.2) is 18.9 Å². The van der Waals surface area contributed by atoms with E-state index in [0.29, 0.717) is 6.42 Å². The lowest BCUT2D eigenvalue weighted by molar-refractivity contribution is -0.139. The number of carbonyl (C=O) groups is 2. The summed E-state index contributed by atoms with van der Waals surface area (Å²) in [5, 5.41) is 0. The molecular formula is C14H14O3. The van der Waals surface area contributed by atoms with Crippen molar-refractivity contribution in [1.82, 2.24) is 0 Å². The number of carbonyl (C=O) groups excluding carboxylic acids is 2. The number of benzene rings is 1. The molecule has 0 spiro atoms. The van der Waals surface area contributed by atoms with Crippen LogP contribution >= 0.6 is 0 Å². The number of ketones is 1. The SMILES string of the molecule is COC(=O)CC#Cc1cccc(CC(C)=O)c1. The van der Waals surface area contributed by atoms with Crippen LogP contribution in [0.15, 0.2) is 24.3 Å². The van der Waals surface area contributed by atoms with Crippen molar-refractivity contribution in [2.24, 2.45) is 0 Å². The van der Waals surface area contributed by atoms with Crippen molar-refractivity contribution >= 4 is 11.8 Å². The first-order valence-electron chi connectivity index (χ1n) is 5.26. The number of methoxy groups -OCH3 is 1. The summed E-state index contributed by atoms with van der Waals surface area (Å²) in [5.74, 6) is 5.35. The summed E-state index contributed by atoms with van der Waals surface area (Å²) < 4.78 is 4.48. The third kappa shape index (κ3) is 4.98. The Kier molecular flexibility index (Phi) is 4.96. The van der Waals surface area contributed by atoms with Gasteiger partial charge in [-0.05, 0) is 24.6 Å². The largest absolute Gasteiger partial charge is 0.468 e. The minimum atomic E-state index is -0.350. The number of esters is 1. The van der Waals surface area contributed by atoms with E-state index in [9.17, 15) is 9.59 Å². The van der Waals surface area contributed by atoms with Crippen LogP contribution in [0.2, 0.25) is 0 Å². The van der Waals surface area contributed by atoms with Gasteiger partial charge in [0.2, 0.25) is 0 Å². The van der Waals surface area contributed by atoms with E-state index >= 15 is 0 Å². The number of rotatable bonds is 3. The zero-order chi connectivity index (χ0) is 12.7. The average molecular weight is 230 g/mol. The summed E-state index contributed by atoms with van der Waals surface area (Å²) in [6, 6.07) is 7.42. The zero-order valence-corrected chi connectivity index (χ0v) is 9.95. The van der Waals surface area contributed by atoms with Crippen LogP contribution in [-0.2, 0) is 20.7 Å². The van der Waals surface area contributed by atoms with Crippen LogP contribution < -0.4 is 0 Å². The molecule has 0 aliphatic rings. The fourth-order valence-corrected chi connectivity index (χ4v) is 1.34. The second kappa shape index (κ2) is 6.49. The summed E-state index contributed by atoms with van der Waals surface area (Å²) in [5.41, 5.74) is 1.73. The third-order valence-electron chi connectivity index (χ3n) is 2.07. The highest BCUT2D eigenvalue weighted by atomic mass is 16.5. The molecule has 3 nitrogen and oxygen atoms in total. The van der Waals surface area contributed by atoms with Crippen molar-refractivity contribution in [2.75, 3.05) is 7.11 Å². The topological polar surface area (TPSA) is 43.4 Å². The summed E-state index contributed by atoms with van der Waals surface area (Å²) in [7, 11) is 1.33. The Morgan fingerprint density at radius 3 is 2.76 bits per heavy atom. The fraction of sp³-hybridized carbons (Fsp3) is 0.286. The molecule has 0 aliphatic carbocycles. The maximum Gasteiger partial charge on any atom is 0.317 e. The quantitative estimate of drug-likeness (QED) is 0.586. The van der Waals surface area contributed by atoms with Gasteiger partial charge in [-0.25, -0.2) is 0 Å². The Bertz CT molecular complexity index is 478. The van der Waals surface area contributed by atoms with Gasteiger partial charge in [-0.1, -0.05) is 24.0 Å². The predicted molar refractivity (Wildman–Crippen MR) is 64.3 cm³/mol. The molecule has 1 aromatic rings. The molecule has 0 N–H and O–H groups in total. The van der Waals surface area contributed by atoms with Gasteiger partial charge >= 0.3 is 5.97 Å². The lowest BCUT2D eigenvalue weighted by atomic mass is 10.1. The highest BCUT2D eigenvalue weighted by Gasteiger charge is 1.98. The average Bonchev–Trinajstić information content (AvgIpc) is 2.28. The molecule has 0 unspecified atom stereocenters. The maximum absolute atomic E-state index is 11.0. The predicted octanol–water partition coefficient (Wildman–Crippen LogP) is 1.73. The molecule has 17 heavy (non-hydrogen) atoms. The van der Waals surface area contributed by atoms with Gasteiger partial charge in [0.1, 0.15) is 12.2 Å². The number of ether oxygens (including phenoxy) is 1. The van der Waals surface area contributed by atoms with Crippen LogP contribution in [0.4, 0.5) is 0 Å². The Hall–Kier alpha value is -2.08. The highest BCUT2D eigenvalue weighted by Crippen LogP contribution is 2.05. The van der Waals surface area contributed by atoms with E-state index in [0.717, 1.165) is 11.1 Å². The Morgan fingerprint density at radius 2 is 2.12 bits per heavy atom. The van der Waals surface area contributed by atoms with Gasteiger partial charge in [0.25, 0.3) is 0 Å². The first-order chi connectivity index (χ1) is 8.11. The first-order valence-corrected chi connectivity index (χ1v) is 5.26. The molecule has 3 heteroatoms. The van der Waals surface area contributed by atoms with Crippen LogP contribution in [0.1, 0.15) is 24.5 Å². The van der Waals surface area contributed by atoms with Gasteiger partial charge in [0.05, 0.1) is 7.11 Å². The molecular weight excluding hydrogens is 216 g/mol. The zero-order valence-electron chi connectivity index (χ0n) is 9.95. The molecule has 1 aromatic carbocycles. The van der Waals surface area contributed by atoms with Gasteiger partial charge in [0, 0.05) is 12.0 Å². The molecule has 0 saturated carbocycles. The number of hydrogen-bond acceptors (Lipinski definition) is 3. The Morgan fingerprint density at radius 1 is 1.35 bits per heavy atom. The van der Waals surface area contributed by atoms with E-state index in [2.05, 4.69) is 16.6 Å². The highest BCUT2D eigenvalue weighted by molar-refractivity contribution is 5.78. The molecule has 88 valence electrons. The molecule has 0 amide bonds. The summed E-state index contributed by atoms with van der Waals surface area (Å²) in [6.07, 6.45) is 0.486. The van der Waals surface area contributed by atoms with E-state index in [4.69, 9.17) is 0 Å². The van der Waals surface area contributed by atoms with E-state index in [1.807, 2.05) is 24.3 Å². The van der Waals surface area contributed by atoms with E-state index in [-0.39, 0.29) is 18.2 Å². The van der Waals surface area contributed by atoms with Crippen molar-refractivity contribution in [1.29, 1.82) is 0 Å². The number of Topliss-reactive ketones (excluding diaryl/α,β-unsaturated/α-hetero) is 1. The van der Waals surface area contributed by atoms with E-state index < -0.39 is 0 Å². The van der Waals surface area contributed by atoms with Crippen LogP contribution in [0, 0.1) is 11.8 Å². The van der Waals surface area contributed by atoms with Crippen molar-refractivity contribution < 1.29 is 14.3 Å². The molecule has 0 fully saturated rings. The van der Waals surface area contributed by atoms with Gasteiger partial charge in [0.15, 0.2) is 0 Å². The summed E-state index contributed by atoms with van der Waals surface area (Å²) in [6.45, 7) is 1.55. The van der Waals surface area contributed by atoms with Gasteiger partial charge in [-0.2, -0.15) is 0 Å². The molecule has 0 aromatic heterocycles. The third-order valence-corrected chi connectivity index (χ3v) is 2.07. The summed E-state index contributed by atoms with van der Waals surface area (Å²) in [4.78, 5) is 21.8. The molecule has 0 saturated heterocycles. The minimum Gasteiger partial charge on any atom is -0.468 e. The van der Waals surface area contributed by atoms with Crippen molar-refractivity contribution in [3.05, 3.63) is 35.4 Å². The van der Waals surface area contributed by atoms with Crippen LogP contribution in [0.5, 0.6) is 0 Å².